The van der Waals surface area contributed by atoms with Crippen LogP contribution in [-0.2, 0) is 4.74 Å². The lowest BCUT2D eigenvalue weighted by molar-refractivity contribution is 0.0880. The molecule has 0 saturated heterocycles. The fourth-order valence-corrected chi connectivity index (χ4v) is 2.83. The maximum Gasteiger partial charge on any atom is 0.261 e. The van der Waals surface area contributed by atoms with Crippen LogP contribution in [0.15, 0.2) is 24.3 Å². The number of carbonyl (C=O) groups excluding carboxylic acids is 2. The van der Waals surface area contributed by atoms with Crippen molar-refractivity contribution in [2.24, 2.45) is 0 Å². The Bertz CT molecular complexity index is 786. The van der Waals surface area contributed by atoms with Gasteiger partial charge >= 0.3 is 0 Å². The first kappa shape index (κ1) is 15.3. The standard InChI is InChI=1S/C17H18N2O4/c1-3-22-8-9-23-15-11-7-5-4-6-10(11)12-13(14(15)18-2)17(21)19-16(12)20/h4-7,18H,3,8-9H2,1-2H3,(H,19,20,21). The van der Waals surface area contributed by atoms with Gasteiger partial charge in [0, 0.05) is 19.0 Å². The molecular weight excluding hydrogens is 296 g/mol. The molecule has 0 fully saturated rings. The van der Waals surface area contributed by atoms with E-state index in [2.05, 4.69) is 10.6 Å². The Hall–Kier alpha value is -2.60. The van der Waals surface area contributed by atoms with Gasteiger partial charge in [0.15, 0.2) is 5.75 Å². The van der Waals surface area contributed by atoms with Gasteiger partial charge in [0.05, 0.1) is 23.4 Å². The molecule has 0 radical (unpaired) electrons. The molecule has 0 aromatic heterocycles. The molecule has 2 N–H and O–H groups in total. The van der Waals surface area contributed by atoms with Crippen molar-refractivity contribution < 1.29 is 19.1 Å². The summed E-state index contributed by atoms with van der Waals surface area (Å²) < 4.78 is 11.2. The summed E-state index contributed by atoms with van der Waals surface area (Å²) in [5.74, 6) is -0.222. The van der Waals surface area contributed by atoms with E-state index in [4.69, 9.17) is 9.47 Å². The minimum Gasteiger partial charge on any atom is -0.488 e. The van der Waals surface area contributed by atoms with Gasteiger partial charge in [-0.3, -0.25) is 14.9 Å². The number of rotatable bonds is 6. The van der Waals surface area contributed by atoms with Crippen molar-refractivity contribution in [2.75, 3.05) is 32.2 Å². The zero-order chi connectivity index (χ0) is 16.4. The van der Waals surface area contributed by atoms with Gasteiger partial charge in [-0.25, -0.2) is 0 Å². The minimum atomic E-state index is -0.408. The van der Waals surface area contributed by atoms with Gasteiger partial charge in [0.1, 0.15) is 6.61 Å². The number of fused-ring (bicyclic) bond motifs is 3. The molecule has 0 bridgehead atoms. The van der Waals surface area contributed by atoms with Crippen LogP contribution in [0.25, 0.3) is 10.8 Å². The molecule has 23 heavy (non-hydrogen) atoms. The number of nitrogens with one attached hydrogen (secondary N) is 2. The smallest absolute Gasteiger partial charge is 0.261 e. The average molecular weight is 314 g/mol. The summed E-state index contributed by atoms with van der Waals surface area (Å²) >= 11 is 0. The van der Waals surface area contributed by atoms with Gasteiger partial charge in [-0.2, -0.15) is 0 Å². The maximum absolute atomic E-state index is 12.2. The van der Waals surface area contributed by atoms with E-state index in [1.54, 1.807) is 7.05 Å². The Morgan fingerprint density at radius 1 is 1.04 bits per heavy atom. The van der Waals surface area contributed by atoms with E-state index in [1.165, 1.54) is 0 Å². The Labute approximate surface area is 133 Å². The second kappa shape index (κ2) is 6.26. The lowest BCUT2D eigenvalue weighted by Gasteiger charge is -2.17. The normalized spacial score (nSPS) is 13.1. The largest absolute Gasteiger partial charge is 0.488 e. The van der Waals surface area contributed by atoms with Crippen LogP contribution < -0.4 is 15.4 Å². The number of ether oxygens (including phenoxy) is 2. The van der Waals surface area contributed by atoms with Crippen LogP contribution >= 0.6 is 0 Å². The summed E-state index contributed by atoms with van der Waals surface area (Å²) in [4.78, 5) is 24.3. The SMILES string of the molecule is CCOCCOc1c(NC)c2c(c3ccccc13)C(=O)NC2=O. The third-order valence-electron chi connectivity index (χ3n) is 3.78. The summed E-state index contributed by atoms with van der Waals surface area (Å²) in [6, 6.07) is 7.41. The number of benzene rings is 2. The Balaban J connectivity index is 2.18. The second-order valence-electron chi connectivity index (χ2n) is 5.08. The van der Waals surface area contributed by atoms with Gasteiger partial charge in [-0.1, -0.05) is 24.3 Å². The summed E-state index contributed by atoms with van der Waals surface area (Å²) in [6.07, 6.45) is 0. The number of hydrogen-bond donors (Lipinski definition) is 2. The lowest BCUT2D eigenvalue weighted by atomic mass is 9.97. The number of imide groups is 1. The molecule has 2 amide bonds. The molecule has 0 aliphatic carbocycles. The van der Waals surface area contributed by atoms with Gasteiger partial charge in [0.25, 0.3) is 11.8 Å². The van der Waals surface area contributed by atoms with Gasteiger partial charge in [-0.15, -0.1) is 0 Å². The van der Waals surface area contributed by atoms with Crippen molar-refractivity contribution in [3.63, 3.8) is 0 Å². The lowest BCUT2D eigenvalue weighted by Crippen LogP contribution is -2.20. The number of amides is 2. The van der Waals surface area contributed by atoms with Crippen molar-refractivity contribution >= 4 is 28.3 Å². The molecule has 3 rings (SSSR count). The molecule has 1 heterocycles. The van der Waals surface area contributed by atoms with Crippen molar-refractivity contribution in [1.29, 1.82) is 0 Å². The molecule has 6 nitrogen and oxygen atoms in total. The maximum atomic E-state index is 12.2. The second-order valence-corrected chi connectivity index (χ2v) is 5.08. The molecule has 120 valence electrons. The fourth-order valence-electron chi connectivity index (χ4n) is 2.83. The minimum absolute atomic E-state index is 0.336. The van der Waals surface area contributed by atoms with Crippen LogP contribution in [0, 0.1) is 0 Å². The zero-order valence-corrected chi connectivity index (χ0v) is 13.1. The fraction of sp³-hybridized carbons (Fsp3) is 0.294. The van der Waals surface area contributed by atoms with Gasteiger partial charge in [-0.05, 0) is 12.3 Å². The molecular formula is C17H18N2O4. The first-order chi connectivity index (χ1) is 11.2. The molecule has 0 atom stereocenters. The molecule has 2 aromatic carbocycles. The topological polar surface area (TPSA) is 76.7 Å². The monoisotopic (exact) mass is 314 g/mol. The number of carbonyl (C=O) groups is 2. The Morgan fingerprint density at radius 3 is 2.43 bits per heavy atom. The summed E-state index contributed by atoms with van der Waals surface area (Å²) in [5, 5.41) is 6.85. The predicted octanol–water partition coefficient (Wildman–Crippen LogP) is 2.18. The molecule has 1 aliphatic rings. The number of anilines is 1. The van der Waals surface area contributed by atoms with Crippen LogP contribution in [0.2, 0.25) is 0 Å². The van der Waals surface area contributed by atoms with Crippen molar-refractivity contribution in [3.05, 3.63) is 35.4 Å². The molecule has 0 saturated carbocycles. The third kappa shape index (κ3) is 2.51. The highest BCUT2D eigenvalue weighted by molar-refractivity contribution is 6.30. The summed E-state index contributed by atoms with van der Waals surface area (Å²) in [5.41, 5.74) is 1.26. The van der Waals surface area contributed by atoms with Crippen molar-refractivity contribution in [2.45, 2.75) is 6.92 Å². The quantitative estimate of drug-likeness (QED) is 0.631. The van der Waals surface area contributed by atoms with E-state index in [-0.39, 0.29) is 5.91 Å². The van der Waals surface area contributed by atoms with Crippen LogP contribution in [-0.4, -0.2) is 38.7 Å². The van der Waals surface area contributed by atoms with Crippen LogP contribution in [0.3, 0.4) is 0 Å². The first-order valence-corrected chi connectivity index (χ1v) is 7.51. The molecule has 1 aliphatic heterocycles. The van der Waals surface area contributed by atoms with E-state index < -0.39 is 5.91 Å². The van der Waals surface area contributed by atoms with E-state index in [0.717, 1.165) is 5.39 Å². The van der Waals surface area contributed by atoms with E-state index in [9.17, 15) is 9.59 Å². The Morgan fingerprint density at radius 2 is 1.74 bits per heavy atom. The first-order valence-electron chi connectivity index (χ1n) is 7.51. The van der Waals surface area contributed by atoms with Crippen LogP contribution in [0.5, 0.6) is 5.75 Å². The van der Waals surface area contributed by atoms with Crippen LogP contribution in [0.4, 0.5) is 5.69 Å². The molecule has 2 aromatic rings. The summed E-state index contributed by atoms with van der Waals surface area (Å²) in [7, 11) is 1.70. The third-order valence-corrected chi connectivity index (χ3v) is 3.78. The predicted molar refractivity (Wildman–Crippen MR) is 87.3 cm³/mol. The Kier molecular flexibility index (Phi) is 4.16. The summed E-state index contributed by atoms with van der Waals surface area (Å²) in [6.45, 7) is 3.35. The van der Waals surface area contributed by atoms with Gasteiger partial charge in [0.2, 0.25) is 0 Å². The van der Waals surface area contributed by atoms with Crippen molar-refractivity contribution in [1.82, 2.24) is 5.32 Å². The number of hydrogen-bond acceptors (Lipinski definition) is 5. The van der Waals surface area contributed by atoms with Crippen molar-refractivity contribution in [3.8, 4) is 5.75 Å². The van der Waals surface area contributed by atoms with E-state index >= 15 is 0 Å². The molecule has 0 unspecified atom stereocenters. The average Bonchev–Trinajstić information content (AvgIpc) is 2.86. The highest BCUT2D eigenvalue weighted by atomic mass is 16.5. The highest BCUT2D eigenvalue weighted by Gasteiger charge is 2.34. The van der Waals surface area contributed by atoms with Gasteiger partial charge < -0.3 is 14.8 Å². The highest BCUT2D eigenvalue weighted by Crippen LogP contribution is 2.41. The van der Waals surface area contributed by atoms with E-state index in [1.807, 2.05) is 31.2 Å². The van der Waals surface area contributed by atoms with Crippen LogP contribution in [0.1, 0.15) is 27.6 Å². The molecule has 6 heteroatoms. The zero-order valence-electron chi connectivity index (χ0n) is 13.1. The van der Waals surface area contributed by atoms with E-state index in [0.29, 0.717) is 47.8 Å². The molecule has 0 spiro atoms.